The highest BCUT2D eigenvalue weighted by atomic mass is 16.2. The van der Waals surface area contributed by atoms with E-state index in [1.54, 1.807) is 41.3 Å². The fourth-order valence-corrected chi connectivity index (χ4v) is 2.08. The van der Waals surface area contributed by atoms with E-state index < -0.39 is 0 Å². The van der Waals surface area contributed by atoms with Crippen LogP contribution in [0.5, 0.6) is 0 Å². The fraction of sp³-hybridized carbons (Fsp3) is 0.231. The number of aromatic nitrogens is 5. The molecular formula is C13H14N6O. The minimum Gasteiger partial charge on any atom is -0.336 e. The van der Waals surface area contributed by atoms with E-state index >= 15 is 0 Å². The van der Waals surface area contributed by atoms with E-state index in [1.165, 1.54) is 0 Å². The van der Waals surface area contributed by atoms with Crippen molar-refractivity contribution >= 4 is 11.6 Å². The second-order valence-corrected chi connectivity index (χ2v) is 4.64. The molecule has 20 heavy (non-hydrogen) atoms. The van der Waals surface area contributed by atoms with E-state index in [4.69, 9.17) is 0 Å². The monoisotopic (exact) mass is 270 g/mol. The predicted octanol–water partition coefficient (Wildman–Crippen LogP) is 0.735. The Morgan fingerprint density at radius 3 is 3.00 bits per heavy atom. The summed E-state index contributed by atoms with van der Waals surface area (Å²) >= 11 is 0. The standard InChI is InChI=1S/C13H14N6O/c1-17(7-10-6-14-8-18(10)2)13(20)11-4-3-5-19-9-15-16-12(11)19/h3-6,8-9H,7H2,1-2H3. The summed E-state index contributed by atoms with van der Waals surface area (Å²) in [6, 6.07) is 3.56. The topological polar surface area (TPSA) is 68.3 Å². The first kappa shape index (κ1) is 12.3. The van der Waals surface area contributed by atoms with E-state index in [0.717, 1.165) is 5.69 Å². The van der Waals surface area contributed by atoms with Gasteiger partial charge in [-0.05, 0) is 12.1 Å². The first-order valence-corrected chi connectivity index (χ1v) is 6.16. The quantitative estimate of drug-likeness (QED) is 0.703. The van der Waals surface area contributed by atoms with E-state index in [9.17, 15) is 4.79 Å². The van der Waals surface area contributed by atoms with Crippen LogP contribution in [0.2, 0.25) is 0 Å². The number of hydrogen-bond donors (Lipinski definition) is 0. The van der Waals surface area contributed by atoms with Gasteiger partial charge in [-0.2, -0.15) is 0 Å². The molecule has 0 aliphatic rings. The van der Waals surface area contributed by atoms with Gasteiger partial charge in [0.1, 0.15) is 6.33 Å². The average Bonchev–Trinajstić information content (AvgIpc) is 3.07. The summed E-state index contributed by atoms with van der Waals surface area (Å²) in [5.74, 6) is -0.0928. The number of hydrogen-bond acceptors (Lipinski definition) is 4. The molecule has 3 aromatic heterocycles. The molecular weight excluding hydrogens is 256 g/mol. The van der Waals surface area contributed by atoms with Gasteiger partial charge in [0.15, 0.2) is 5.65 Å². The lowest BCUT2D eigenvalue weighted by Gasteiger charge is -2.17. The molecule has 0 aliphatic heterocycles. The first-order valence-electron chi connectivity index (χ1n) is 6.16. The molecule has 7 heteroatoms. The molecule has 0 aliphatic carbocycles. The molecule has 0 N–H and O–H groups in total. The molecule has 0 saturated carbocycles. The predicted molar refractivity (Wildman–Crippen MR) is 72.0 cm³/mol. The zero-order valence-corrected chi connectivity index (χ0v) is 11.3. The van der Waals surface area contributed by atoms with Gasteiger partial charge >= 0.3 is 0 Å². The molecule has 0 unspecified atom stereocenters. The molecule has 3 heterocycles. The summed E-state index contributed by atoms with van der Waals surface area (Å²) in [6.45, 7) is 0.491. The van der Waals surface area contributed by atoms with Gasteiger partial charge < -0.3 is 9.47 Å². The van der Waals surface area contributed by atoms with Crippen LogP contribution < -0.4 is 0 Å². The molecule has 0 spiro atoms. The van der Waals surface area contributed by atoms with Crippen molar-refractivity contribution in [3.8, 4) is 0 Å². The van der Waals surface area contributed by atoms with Gasteiger partial charge in [0.25, 0.3) is 5.91 Å². The summed E-state index contributed by atoms with van der Waals surface area (Å²) in [6.07, 6.45) is 6.86. The minimum atomic E-state index is -0.0928. The highest BCUT2D eigenvalue weighted by molar-refractivity contribution is 5.99. The zero-order valence-electron chi connectivity index (χ0n) is 11.3. The van der Waals surface area contributed by atoms with Crippen LogP contribution in [0.15, 0.2) is 37.2 Å². The van der Waals surface area contributed by atoms with Crippen LogP contribution in [-0.4, -0.2) is 42.0 Å². The molecule has 0 fully saturated rings. The van der Waals surface area contributed by atoms with Crippen LogP contribution in [-0.2, 0) is 13.6 Å². The lowest BCUT2D eigenvalue weighted by atomic mass is 10.2. The van der Waals surface area contributed by atoms with Gasteiger partial charge in [0.05, 0.1) is 24.1 Å². The van der Waals surface area contributed by atoms with Gasteiger partial charge in [0.2, 0.25) is 0 Å². The van der Waals surface area contributed by atoms with Crippen LogP contribution in [0, 0.1) is 0 Å². The Labute approximate surface area is 115 Å². The highest BCUT2D eigenvalue weighted by Gasteiger charge is 2.17. The number of carbonyl (C=O) groups excluding carboxylic acids is 1. The molecule has 1 amide bonds. The molecule has 102 valence electrons. The third-order valence-corrected chi connectivity index (χ3v) is 3.22. The maximum absolute atomic E-state index is 12.5. The second kappa shape index (κ2) is 4.76. The van der Waals surface area contributed by atoms with Gasteiger partial charge in [-0.1, -0.05) is 0 Å². The summed E-state index contributed by atoms with van der Waals surface area (Å²) < 4.78 is 3.62. The lowest BCUT2D eigenvalue weighted by molar-refractivity contribution is 0.0783. The van der Waals surface area contributed by atoms with Gasteiger partial charge in [0, 0.05) is 26.5 Å². The number of imidazole rings is 1. The van der Waals surface area contributed by atoms with Crippen LogP contribution >= 0.6 is 0 Å². The zero-order chi connectivity index (χ0) is 14.1. The van der Waals surface area contributed by atoms with E-state index in [1.807, 2.05) is 23.9 Å². The van der Waals surface area contributed by atoms with Crippen molar-refractivity contribution < 1.29 is 4.79 Å². The van der Waals surface area contributed by atoms with Crippen LogP contribution in [0.4, 0.5) is 0 Å². The van der Waals surface area contributed by atoms with Crippen LogP contribution in [0.25, 0.3) is 5.65 Å². The lowest BCUT2D eigenvalue weighted by Crippen LogP contribution is -2.27. The molecule has 3 aromatic rings. The van der Waals surface area contributed by atoms with Gasteiger partial charge in [-0.25, -0.2) is 4.98 Å². The fourth-order valence-electron chi connectivity index (χ4n) is 2.08. The van der Waals surface area contributed by atoms with E-state index in [0.29, 0.717) is 17.8 Å². The van der Waals surface area contributed by atoms with Crippen molar-refractivity contribution in [1.29, 1.82) is 0 Å². The Morgan fingerprint density at radius 1 is 1.40 bits per heavy atom. The highest BCUT2D eigenvalue weighted by Crippen LogP contribution is 2.12. The summed E-state index contributed by atoms with van der Waals surface area (Å²) in [5, 5.41) is 7.81. The number of rotatable bonds is 3. The summed E-state index contributed by atoms with van der Waals surface area (Å²) in [5.41, 5.74) is 2.07. The maximum Gasteiger partial charge on any atom is 0.257 e. The second-order valence-electron chi connectivity index (χ2n) is 4.64. The van der Waals surface area contributed by atoms with Crippen molar-refractivity contribution in [2.24, 2.45) is 7.05 Å². The van der Waals surface area contributed by atoms with Gasteiger partial charge in [-0.15, -0.1) is 10.2 Å². The minimum absolute atomic E-state index is 0.0928. The number of fused-ring (bicyclic) bond motifs is 1. The average molecular weight is 270 g/mol. The number of aryl methyl sites for hydroxylation is 1. The molecule has 7 nitrogen and oxygen atoms in total. The Kier molecular flexibility index (Phi) is 2.94. The maximum atomic E-state index is 12.5. The molecule has 0 aromatic carbocycles. The molecule has 0 atom stereocenters. The first-order chi connectivity index (χ1) is 9.66. The number of nitrogens with zero attached hydrogens (tertiary/aromatic N) is 6. The smallest absolute Gasteiger partial charge is 0.257 e. The van der Waals surface area contributed by atoms with E-state index in [2.05, 4.69) is 15.2 Å². The molecule has 0 radical (unpaired) electrons. The number of pyridine rings is 1. The SMILES string of the molecule is CN(Cc1cncn1C)C(=O)c1cccn2cnnc12. The van der Waals surface area contributed by atoms with Crippen LogP contribution in [0.3, 0.4) is 0 Å². The van der Waals surface area contributed by atoms with Crippen molar-refractivity contribution in [3.63, 3.8) is 0 Å². The number of amides is 1. The Morgan fingerprint density at radius 2 is 2.25 bits per heavy atom. The largest absolute Gasteiger partial charge is 0.336 e. The molecule has 0 bridgehead atoms. The van der Waals surface area contributed by atoms with E-state index in [-0.39, 0.29) is 5.91 Å². The number of carbonyl (C=O) groups is 1. The normalized spacial score (nSPS) is 10.9. The Bertz CT molecular complexity index is 759. The van der Waals surface area contributed by atoms with Crippen LogP contribution in [0.1, 0.15) is 16.1 Å². The molecule has 0 saturated heterocycles. The summed E-state index contributed by atoms with van der Waals surface area (Å²) in [4.78, 5) is 18.2. The third-order valence-electron chi connectivity index (χ3n) is 3.22. The Hall–Kier alpha value is -2.70. The van der Waals surface area contributed by atoms with Crippen molar-refractivity contribution in [1.82, 2.24) is 29.0 Å². The molecule has 3 rings (SSSR count). The third kappa shape index (κ3) is 2.03. The van der Waals surface area contributed by atoms with Gasteiger partial charge in [-0.3, -0.25) is 9.20 Å². The van der Waals surface area contributed by atoms with Crippen molar-refractivity contribution in [2.45, 2.75) is 6.54 Å². The summed E-state index contributed by atoms with van der Waals surface area (Å²) in [7, 11) is 3.66. The van der Waals surface area contributed by atoms with Crippen molar-refractivity contribution in [3.05, 3.63) is 48.4 Å². The Balaban J connectivity index is 1.88. The van der Waals surface area contributed by atoms with Crippen molar-refractivity contribution in [2.75, 3.05) is 7.05 Å².